The SMILES string of the molecule is [CH3][SnH]([CH3])[Zr+2]([c]1cccc2c1Cc1ccccc1-2)[CH]1C=Cc2ccccc21.[Cl-].[Cl-]. The molecule has 3 aromatic rings. The maximum absolute atomic E-state index is 2.67. The summed E-state index contributed by atoms with van der Waals surface area (Å²) in [5.41, 5.74) is 9.32. The third kappa shape index (κ3) is 3.73. The molecular weight excluding hydrogens is 569 g/mol. The summed E-state index contributed by atoms with van der Waals surface area (Å²) in [5, 5.41) is 0. The molecule has 0 spiro atoms. The smallest absolute Gasteiger partial charge is 1.00 e. The number of halogens is 2. The molecule has 2 aliphatic rings. The second-order valence-corrected chi connectivity index (χ2v) is 49.0. The van der Waals surface area contributed by atoms with E-state index in [1.54, 1.807) is 11.1 Å². The molecule has 1 atom stereocenters. The van der Waals surface area contributed by atoms with E-state index in [0.717, 1.165) is 10.0 Å². The van der Waals surface area contributed by atoms with Gasteiger partial charge in [0.25, 0.3) is 0 Å². The van der Waals surface area contributed by atoms with Crippen molar-refractivity contribution in [2.75, 3.05) is 0 Å². The molecule has 0 amide bonds. The van der Waals surface area contributed by atoms with Crippen molar-refractivity contribution >= 4 is 24.6 Å². The fourth-order valence-corrected chi connectivity index (χ4v) is 45.3. The van der Waals surface area contributed by atoms with Crippen LogP contribution in [0.5, 0.6) is 0 Å². The summed E-state index contributed by atoms with van der Waals surface area (Å²) < 4.78 is 2.60. The normalized spacial score (nSPS) is 15.3. The Balaban J connectivity index is 0.00000112. The van der Waals surface area contributed by atoms with Crippen LogP contribution < -0.4 is 28.1 Å². The van der Waals surface area contributed by atoms with E-state index >= 15 is 0 Å². The fourth-order valence-electron chi connectivity index (χ4n) is 4.79. The van der Waals surface area contributed by atoms with E-state index in [9.17, 15) is 0 Å². The summed E-state index contributed by atoms with van der Waals surface area (Å²) in [6.07, 6.45) is 6.12. The Morgan fingerprint density at radius 3 is 2.36 bits per heavy atom. The van der Waals surface area contributed by atoms with E-state index < -0.39 is 32.8 Å². The van der Waals surface area contributed by atoms with Gasteiger partial charge in [-0.25, -0.2) is 0 Å². The zero-order valence-corrected chi connectivity index (χ0v) is 23.4. The van der Waals surface area contributed by atoms with Crippen LogP contribution in [0, 0.1) is 0 Å². The standard InChI is InChI=1S/C13H9.C9H7.2CH3.2ClH.Sn.Zr.H/c1-3-7-12-10(5-1)9-11-6-2-4-8-13(11)12;1-2-5-9-7-3-6-8(9)4-1;;;;;;;/h1-5,7-8H,9H2;1-7H;2*1H3;2*1H;;;/q;;;;;;;+2;/p-2. The van der Waals surface area contributed by atoms with Gasteiger partial charge >= 0.3 is 168 Å². The maximum atomic E-state index is 2.67. The van der Waals surface area contributed by atoms with Gasteiger partial charge < -0.3 is 24.8 Å². The Labute approximate surface area is 191 Å². The monoisotopic (exact) mass is 591 g/mol. The van der Waals surface area contributed by atoms with Crippen LogP contribution >= 0.6 is 0 Å². The van der Waals surface area contributed by atoms with Crippen LogP contribution in [0.2, 0.25) is 9.88 Å². The largest absolute Gasteiger partial charge is 1.00 e. The van der Waals surface area contributed by atoms with Crippen molar-refractivity contribution < 1.29 is 42.4 Å². The van der Waals surface area contributed by atoms with Crippen molar-refractivity contribution in [2.24, 2.45) is 0 Å². The van der Waals surface area contributed by atoms with Crippen LogP contribution in [0.15, 0.2) is 72.8 Å². The third-order valence-corrected chi connectivity index (χ3v) is 46.9. The molecule has 0 bridgehead atoms. The van der Waals surface area contributed by atoms with E-state index in [4.69, 9.17) is 0 Å². The Kier molecular flexibility index (Phi) is 7.35. The number of allylic oxidation sites excluding steroid dienone is 1. The number of hydrogen-bond acceptors (Lipinski definition) is 0. The Bertz CT molecular complexity index is 1030. The van der Waals surface area contributed by atoms with Gasteiger partial charge in [-0.05, 0) is 0 Å². The average molecular weight is 592 g/mol. The van der Waals surface area contributed by atoms with Gasteiger partial charge in [0.2, 0.25) is 0 Å². The molecule has 141 valence electrons. The fraction of sp³-hybridized carbons (Fsp3) is 0.167. The Morgan fingerprint density at radius 2 is 1.54 bits per heavy atom. The molecule has 0 aromatic heterocycles. The van der Waals surface area contributed by atoms with Crippen molar-refractivity contribution in [3.63, 3.8) is 0 Å². The topological polar surface area (TPSA) is 0 Å². The molecule has 28 heavy (non-hydrogen) atoms. The predicted octanol–water partition coefficient (Wildman–Crippen LogP) is -0.739. The molecule has 4 heteroatoms. The molecule has 0 aliphatic heterocycles. The van der Waals surface area contributed by atoms with Gasteiger partial charge in [-0.3, -0.25) is 0 Å². The third-order valence-electron chi connectivity index (χ3n) is 5.92. The molecule has 3 aromatic carbocycles. The minimum atomic E-state index is -1.73. The predicted molar refractivity (Wildman–Crippen MR) is 111 cm³/mol. The van der Waals surface area contributed by atoms with Gasteiger partial charge in [0.05, 0.1) is 0 Å². The van der Waals surface area contributed by atoms with Crippen LogP contribution in [0.1, 0.15) is 25.9 Å². The first-order valence-electron chi connectivity index (χ1n) is 9.58. The van der Waals surface area contributed by atoms with Gasteiger partial charge in [-0.1, -0.05) is 0 Å². The van der Waals surface area contributed by atoms with Crippen molar-refractivity contribution in [1.29, 1.82) is 0 Å². The zero-order chi connectivity index (χ0) is 17.7. The van der Waals surface area contributed by atoms with E-state index in [2.05, 4.69) is 88.8 Å². The molecule has 0 N–H and O–H groups in total. The molecule has 1 unspecified atom stereocenters. The summed E-state index contributed by atoms with van der Waals surface area (Å²) >= 11 is -3.21. The maximum Gasteiger partial charge on any atom is -1.00 e. The van der Waals surface area contributed by atoms with Crippen molar-refractivity contribution in [2.45, 2.75) is 19.9 Å². The second-order valence-electron chi connectivity index (χ2n) is 7.74. The molecule has 0 saturated heterocycles. The second kappa shape index (κ2) is 9.21. The molecule has 0 heterocycles. The van der Waals surface area contributed by atoms with E-state index in [-0.39, 0.29) is 24.8 Å². The molecule has 0 saturated carbocycles. The van der Waals surface area contributed by atoms with Crippen molar-refractivity contribution in [3.8, 4) is 11.1 Å². The van der Waals surface area contributed by atoms with Gasteiger partial charge in [0, 0.05) is 0 Å². The van der Waals surface area contributed by atoms with Crippen molar-refractivity contribution in [3.05, 3.63) is 95.1 Å². The van der Waals surface area contributed by atoms with E-state index in [1.165, 1.54) is 22.3 Å². The summed E-state index contributed by atoms with van der Waals surface area (Å²) in [5.74, 6) is 0. The summed E-state index contributed by atoms with van der Waals surface area (Å²) in [6.45, 7) is 0. The minimum Gasteiger partial charge on any atom is -1.00 e. The molecule has 0 radical (unpaired) electrons. The van der Waals surface area contributed by atoms with Crippen molar-refractivity contribution in [1.82, 2.24) is 0 Å². The van der Waals surface area contributed by atoms with Gasteiger partial charge in [-0.15, -0.1) is 0 Å². The summed E-state index contributed by atoms with van der Waals surface area (Å²) in [7, 11) is 0. The zero-order valence-electron chi connectivity index (χ0n) is 16.1. The molecule has 2 aliphatic carbocycles. The molecule has 0 fully saturated rings. The quantitative estimate of drug-likeness (QED) is 0.276. The number of benzene rings is 3. The van der Waals surface area contributed by atoms with Crippen LogP contribution in [0.4, 0.5) is 0 Å². The summed E-state index contributed by atoms with van der Waals surface area (Å²) in [6, 6.07) is 25.4. The van der Waals surface area contributed by atoms with Crippen LogP contribution in [-0.4, -0.2) is 15.2 Å². The van der Waals surface area contributed by atoms with Crippen LogP contribution in [-0.2, 0) is 24.0 Å². The minimum absolute atomic E-state index is 0. The average Bonchev–Trinajstić information content (AvgIpc) is 3.24. The molecule has 5 rings (SSSR count). The van der Waals surface area contributed by atoms with Gasteiger partial charge in [-0.2, -0.15) is 0 Å². The Morgan fingerprint density at radius 1 is 0.821 bits per heavy atom. The van der Waals surface area contributed by atoms with E-state index in [0.29, 0.717) is 0 Å². The first-order valence-corrected chi connectivity index (χ1v) is 30.0. The van der Waals surface area contributed by atoms with Gasteiger partial charge in [0.15, 0.2) is 0 Å². The number of fused-ring (bicyclic) bond motifs is 4. The number of rotatable bonds is 3. The first-order chi connectivity index (χ1) is 12.7. The number of hydrogen-bond donors (Lipinski definition) is 0. The first kappa shape index (κ1) is 22.3. The molecular formula is C24H23Cl2SnZr. The van der Waals surface area contributed by atoms with Crippen LogP contribution in [0.25, 0.3) is 17.2 Å². The van der Waals surface area contributed by atoms with E-state index in [1.807, 2.05) is 3.27 Å². The Hall–Kier alpha value is -0.338. The summed E-state index contributed by atoms with van der Waals surface area (Å²) in [4.78, 5) is 5.35. The van der Waals surface area contributed by atoms with Crippen LogP contribution in [0.3, 0.4) is 0 Å². The molecule has 0 nitrogen and oxygen atoms in total. The van der Waals surface area contributed by atoms with Gasteiger partial charge in [0.1, 0.15) is 0 Å².